The van der Waals surface area contributed by atoms with Crippen molar-refractivity contribution in [3.05, 3.63) is 29.3 Å². The van der Waals surface area contributed by atoms with Crippen LogP contribution in [0.25, 0.3) is 0 Å². The highest BCUT2D eigenvalue weighted by molar-refractivity contribution is 5.73. The van der Waals surface area contributed by atoms with Crippen LogP contribution >= 0.6 is 0 Å². The van der Waals surface area contributed by atoms with E-state index in [2.05, 4.69) is 30.9 Å². The van der Waals surface area contributed by atoms with Crippen molar-refractivity contribution in [2.45, 2.75) is 38.5 Å². The lowest BCUT2D eigenvalue weighted by molar-refractivity contribution is -0.145. The number of carboxylic acids is 1. The average Bonchev–Trinajstić information content (AvgIpc) is 2.73. The van der Waals surface area contributed by atoms with E-state index in [1.165, 1.54) is 11.1 Å². The summed E-state index contributed by atoms with van der Waals surface area (Å²) < 4.78 is 5.90. The first-order chi connectivity index (χ1) is 10.3. The van der Waals surface area contributed by atoms with Gasteiger partial charge in [0.15, 0.2) is 0 Å². The first kappa shape index (κ1) is 15.3. The van der Waals surface area contributed by atoms with Gasteiger partial charge < -0.3 is 9.84 Å². The summed E-state index contributed by atoms with van der Waals surface area (Å²) in [7, 11) is 1.88. The first-order valence-electron chi connectivity index (χ1n) is 7.80. The lowest BCUT2D eigenvalue weighted by Gasteiger charge is -2.37. The Bertz CT molecular complexity index is 585. The molecular formula is C17H24N2O3. The predicted octanol–water partition coefficient (Wildman–Crippen LogP) is 1.60. The van der Waals surface area contributed by atoms with Crippen LogP contribution in [0.3, 0.4) is 0 Å². The molecular weight excluding hydrogens is 280 g/mol. The number of aliphatic carboxylic acids is 1. The van der Waals surface area contributed by atoms with Gasteiger partial charge in [-0.05, 0) is 38.1 Å². The molecule has 0 radical (unpaired) electrons. The molecule has 22 heavy (non-hydrogen) atoms. The van der Waals surface area contributed by atoms with Gasteiger partial charge in [0.2, 0.25) is 0 Å². The summed E-state index contributed by atoms with van der Waals surface area (Å²) in [5.41, 5.74) is 2.36. The van der Waals surface area contributed by atoms with Crippen molar-refractivity contribution in [2.24, 2.45) is 0 Å². The fraction of sp³-hybridized carbons (Fsp3) is 0.588. The normalized spacial score (nSPS) is 24.8. The molecule has 0 unspecified atom stereocenters. The molecule has 5 nitrogen and oxygen atoms in total. The molecule has 1 atom stereocenters. The summed E-state index contributed by atoms with van der Waals surface area (Å²) in [5.74, 6) is 0.242. The maximum Gasteiger partial charge on any atom is 0.322 e. The molecule has 120 valence electrons. The van der Waals surface area contributed by atoms with Gasteiger partial charge in [-0.3, -0.25) is 14.6 Å². The van der Waals surface area contributed by atoms with Crippen LogP contribution in [0.1, 0.15) is 25.0 Å². The van der Waals surface area contributed by atoms with Gasteiger partial charge in [0.05, 0.1) is 0 Å². The van der Waals surface area contributed by atoms with Crippen molar-refractivity contribution in [3.8, 4) is 5.75 Å². The molecule has 2 aliphatic rings. The van der Waals surface area contributed by atoms with E-state index in [1.54, 1.807) is 0 Å². The van der Waals surface area contributed by atoms with Crippen LogP contribution < -0.4 is 4.74 Å². The minimum absolute atomic E-state index is 0.122. The second kappa shape index (κ2) is 5.56. The van der Waals surface area contributed by atoms with Gasteiger partial charge in [0.1, 0.15) is 17.4 Å². The van der Waals surface area contributed by atoms with Crippen LogP contribution in [0.15, 0.2) is 18.2 Å². The quantitative estimate of drug-likeness (QED) is 0.919. The zero-order valence-corrected chi connectivity index (χ0v) is 13.5. The van der Waals surface area contributed by atoms with Gasteiger partial charge in [-0.15, -0.1) is 0 Å². The molecule has 2 aliphatic heterocycles. The van der Waals surface area contributed by atoms with Crippen LogP contribution in [0, 0.1) is 0 Å². The molecule has 1 saturated heterocycles. The molecule has 1 aromatic rings. The van der Waals surface area contributed by atoms with Gasteiger partial charge in [0, 0.05) is 32.6 Å². The Labute approximate surface area is 131 Å². The third-order valence-corrected chi connectivity index (χ3v) is 4.55. The lowest BCUT2D eigenvalue weighted by Crippen LogP contribution is -2.54. The monoisotopic (exact) mass is 304 g/mol. The summed E-state index contributed by atoms with van der Waals surface area (Å²) in [5, 5.41) is 9.29. The summed E-state index contributed by atoms with van der Waals surface area (Å²) in [6.07, 6.45) is 0.927. The van der Waals surface area contributed by atoms with Gasteiger partial charge in [0.25, 0.3) is 0 Å². The third-order valence-electron chi connectivity index (χ3n) is 4.55. The van der Waals surface area contributed by atoms with E-state index in [-0.39, 0.29) is 5.60 Å². The lowest BCUT2D eigenvalue weighted by atomic mass is 10.00. The molecule has 0 saturated carbocycles. The van der Waals surface area contributed by atoms with Crippen LogP contribution in [-0.2, 0) is 17.8 Å². The predicted molar refractivity (Wildman–Crippen MR) is 84.2 cm³/mol. The molecule has 1 fully saturated rings. The average molecular weight is 304 g/mol. The Morgan fingerprint density at radius 3 is 2.91 bits per heavy atom. The molecule has 1 aromatic carbocycles. The minimum atomic E-state index is -0.740. The smallest absolute Gasteiger partial charge is 0.322 e. The number of hydrogen-bond donors (Lipinski definition) is 1. The van der Waals surface area contributed by atoms with Crippen LogP contribution in [0.4, 0.5) is 0 Å². The fourth-order valence-electron chi connectivity index (χ4n) is 3.36. The number of piperazine rings is 1. The fourth-order valence-corrected chi connectivity index (χ4v) is 3.36. The molecule has 1 N–H and O–H groups in total. The number of carbonyl (C=O) groups is 1. The standard InChI is InChI=1S/C17H24N2O3/c1-17(2)9-13-8-12(4-5-15(13)22-17)10-19-7-6-18(3)14(11-19)16(20)21/h4-5,8,14H,6-7,9-11H2,1-3H3,(H,20,21)/t14-/m0/s1. The SMILES string of the molecule is CN1CCN(Cc2ccc3c(c2)CC(C)(C)O3)C[C@H]1C(=O)O. The molecule has 0 spiro atoms. The number of nitrogens with zero attached hydrogens (tertiary/aromatic N) is 2. The minimum Gasteiger partial charge on any atom is -0.487 e. The van der Waals surface area contributed by atoms with E-state index in [0.717, 1.165) is 31.8 Å². The molecule has 0 amide bonds. The first-order valence-corrected chi connectivity index (χ1v) is 7.80. The molecule has 5 heteroatoms. The Hall–Kier alpha value is -1.59. The summed E-state index contributed by atoms with van der Waals surface area (Å²) in [4.78, 5) is 15.4. The van der Waals surface area contributed by atoms with Crippen molar-refractivity contribution >= 4 is 5.97 Å². The second-order valence-corrected chi connectivity index (χ2v) is 7.05. The Morgan fingerprint density at radius 1 is 1.41 bits per heavy atom. The van der Waals surface area contributed by atoms with E-state index in [1.807, 2.05) is 18.0 Å². The van der Waals surface area contributed by atoms with Crippen molar-refractivity contribution < 1.29 is 14.6 Å². The number of rotatable bonds is 3. The van der Waals surface area contributed by atoms with Gasteiger partial charge in [-0.1, -0.05) is 12.1 Å². The van der Waals surface area contributed by atoms with Gasteiger partial charge in [-0.25, -0.2) is 0 Å². The van der Waals surface area contributed by atoms with E-state index >= 15 is 0 Å². The van der Waals surface area contributed by atoms with Gasteiger partial charge >= 0.3 is 5.97 Å². The van der Waals surface area contributed by atoms with Crippen molar-refractivity contribution in [1.29, 1.82) is 0 Å². The summed E-state index contributed by atoms with van der Waals surface area (Å²) in [6.45, 7) is 7.27. The number of benzene rings is 1. The van der Waals surface area contributed by atoms with Crippen molar-refractivity contribution in [1.82, 2.24) is 9.80 Å². The number of fused-ring (bicyclic) bond motifs is 1. The van der Waals surface area contributed by atoms with E-state index < -0.39 is 12.0 Å². The van der Waals surface area contributed by atoms with E-state index in [9.17, 15) is 9.90 Å². The van der Waals surface area contributed by atoms with E-state index in [4.69, 9.17) is 4.74 Å². The molecule has 2 heterocycles. The second-order valence-electron chi connectivity index (χ2n) is 7.05. The zero-order valence-electron chi connectivity index (χ0n) is 13.5. The van der Waals surface area contributed by atoms with Crippen LogP contribution in [0.5, 0.6) is 5.75 Å². The highest BCUT2D eigenvalue weighted by Gasteiger charge is 2.31. The highest BCUT2D eigenvalue weighted by Crippen LogP contribution is 2.35. The Morgan fingerprint density at radius 2 is 2.18 bits per heavy atom. The third kappa shape index (κ3) is 3.10. The topological polar surface area (TPSA) is 53.0 Å². The van der Waals surface area contributed by atoms with Crippen LogP contribution in [-0.4, -0.2) is 59.2 Å². The number of ether oxygens (including phenoxy) is 1. The Kier molecular flexibility index (Phi) is 3.87. The number of carboxylic acid groups (broad SMARTS) is 1. The largest absolute Gasteiger partial charge is 0.487 e. The maximum absolute atomic E-state index is 11.3. The molecule has 0 bridgehead atoms. The molecule has 0 aliphatic carbocycles. The molecule has 0 aromatic heterocycles. The highest BCUT2D eigenvalue weighted by atomic mass is 16.5. The number of likely N-dealkylation sites (N-methyl/N-ethyl adjacent to an activating group) is 1. The summed E-state index contributed by atoms with van der Waals surface area (Å²) >= 11 is 0. The maximum atomic E-state index is 11.3. The number of hydrogen-bond acceptors (Lipinski definition) is 4. The molecule has 3 rings (SSSR count). The van der Waals surface area contributed by atoms with Crippen LogP contribution in [0.2, 0.25) is 0 Å². The van der Waals surface area contributed by atoms with Crippen molar-refractivity contribution in [2.75, 3.05) is 26.7 Å². The Balaban J connectivity index is 1.68. The van der Waals surface area contributed by atoms with E-state index in [0.29, 0.717) is 6.54 Å². The van der Waals surface area contributed by atoms with Crippen molar-refractivity contribution in [3.63, 3.8) is 0 Å². The summed E-state index contributed by atoms with van der Waals surface area (Å²) in [6, 6.07) is 5.93. The van der Waals surface area contributed by atoms with Gasteiger partial charge in [-0.2, -0.15) is 0 Å². The zero-order chi connectivity index (χ0) is 15.9.